The number of amides is 1. The van der Waals surface area contributed by atoms with E-state index in [1.54, 1.807) is 4.90 Å². The first-order valence-corrected chi connectivity index (χ1v) is 7.12. The largest absolute Gasteiger partial charge is 0.444 e. The van der Waals surface area contributed by atoms with Gasteiger partial charge in [-0.2, -0.15) is 0 Å². The third-order valence-corrected chi connectivity index (χ3v) is 3.33. The molecule has 0 bridgehead atoms. The molecule has 0 aliphatic carbocycles. The topological polar surface area (TPSA) is 55.6 Å². The van der Waals surface area contributed by atoms with E-state index in [9.17, 15) is 4.79 Å². The molecule has 2 rings (SSSR count). The summed E-state index contributed by atoms with van der Waals surface area (Å²) >= 11 is 1.51. The molecule has 5 nitrogen and oxygen atoms in total. The summed E-state index contributed by atoms with van der Waals surface area (Å²) in [5, 5.41) is 4.81. The van der Waals surface area contributed by atoms with Gasteiger partial charge in [0, 0.05) is 18.5 Å². The molecule has 100 valence electrons. The van der Waals surface area contributed by atoms with Crippen molar-refractivity contribution in [3.8, 4) is 0 Å². The van der Waals surface area contributed by atoms with Gasteiger partial charge < -0.3 is 14.2 Å². The minimum absolute atomic E-state index is 0.276. The number of thioether (sulfide) groups is 1. The first kappa shape index (κ1) is 13.3. The summed E-state index contributed by atoms with van der Waals surface area (Å²) < 4.78 is 10.6. The normalized spacial score (nSPS) is 15.4. The molecule has 2 heterocycles. The van der Waals surface area contributed by atoms with Crippen molar-refractivity contribution in [2.75, 3.05) is 12.8 Å². The summed E-state index contributed by atoms with van der Waals surface area (Å²) in [6, 6.07) is 0. The highest BCUT2D eigenvalue weighted by molar-refractivity contribution is 7.98. The molecular weight excluding hydrogens is 252 g/mol. The zero-order valence-electron chi connectivity index (χ0n) is 11.1. The number of fused-ring (bicyclic) bond motifs is 1. The fourth-order valence-corrected chi connectivity index (χ4v) is 2.37. The molecule has 0 fully saturated rings. The first-order chi connectivity index (χ1) is 8.40. The molecule has 1 aliphatic heterocycles. The predicted octanol–water partition coefficient (Wildman–Crippen LogP) is 2.69. The SMILES string of the molecule is CSc1onc2c1CN(C(=O)OC(C)(C)C)CC2. The van der Waals surface area contributed by atoms with Crippen LogP contribution in [-0.4, -0.2) is 34.6 Å². The quantitative estimate of drug-likeness (QED) is 0.734. The summed E-state index contributed by atoms with van der Waals surface area (Å²) in [5.74, 6) is 0. The molecule has 1 aromatic rings. The van der Waals surface area contributed by atoms with Crippen LogP contribution in [0.3, 0.4) is 0 Å². The molecule has 18 heavy (non-hydrogen) atoms. The van der Waals surface area contributed by atoms with Crippen molar-refractivity contribution in [1.82, 2.24) is 10.1 Å². The molecule has 0 radical (unpaired) electrons. The number of rotatable bonds is 1. The Balaban J connectivity index is 2.09. The fourth-order valence-electron chi connectivity index (χ4n) is 1.83. The monoisotopic (exact) mass is 270 g/mol. The van der Waals surface area contributed by atoms with E-state index in [-0.39, 0.29) is 6.09 Å². The standard InChI is InChI=1S/C12H18N2O3S/c1-12(2,3)16-11(15)14-6-5-9-8(7-14)10(18-4)17-13-9/h5-7H2,1-4H3. The van der Waals surface area contributed by atoms with Crippen LogP contribution in [0.5, 0.6) is 0 Å². The molecular formula is C12H18N2O3S. The van der Waals surface area contributed by atoms with Crippen LogP contribution < -0.4 is 0 Å². The molecule has 0 saturated heterocycles. The van der Waals surface area contributed by atoms with Gasteiger partial charge in [0.25, 0.3) is 0 Å². The smallest absolute Gasteiger partial charge is 0.410 e. The predicted molar refractivity (Wildman–Crippen MR) is 68.6 cm³/mol. The lowest BCUT2D eigenvalue weighted by Crippen LogP contribution is -2.39. The minimum atomic E-state index is -0.464. The average Bonchev–Trinajstić information content (AvgIpc) is 2.68. The summed E-state index contributed by atoms with van der Waals surface area (Å²) in [4.78, 5) is 13.7. The van der Waals surface area contributed by atoms with Crippen LogP contribution in [0.15, 0.2) is 9.62 Å². The van der Waals surface area contributed by atoms with Crippen molar-refractivity contribution >= 4 is 17.9 Å². The Hall–Kier alpha value is -1.17. The molecule has 0 spiro atoms. The van der Waals surface area contributed by atoms with E-state index in [1.807, 2.05) is 27.0 Å². The Morgan fingerprint density at radius 3 is 2.83 bits per heavy atom. The van der Waals surface area contributed by atoms with Crippen LogP contribution in [0.1, 0.15) is 32.0 Å². The van der Waals surface area contributed by atoms with Crippen LogP contribution in [-0.2, 0) is 17.7 Å². The van der Waals surface area contributed by atoms with Crippen molar-refractivity contribution < 1.29 is 14.1 Å². The van der Waals surface area contributed by atoms with E-state index in [4.69, 9.17) is 9.26 Å². The maximum atomic E-state index is 12.0. The van der Waals surface area contributed by atoms with Crippen molar-refractivity contribution in [3.05, 3.63) is 11.3 Å². The molecule has 0 atom stereocenters. The van der Waals surface area contributed by atoms with Crippen molar-refractivity contribution in [2.24, 2.45) is 0 Å². The zero-order valence-corrected chi connectivity index (χ0v) is 12.0. The van der Waals surface area contributed by atoms with Crippen LogP contribution >= 0.6 is 11.8 Å². The lowest BCUT2D eigenvalue weighted by molar-refractivity contribution is 0.0222. The summed E-state index contributed by atoms with van der Waals surface area (Å²) in [5.41, 5.74) is 1.51. The third kappa shape index (κ3) is 2.80. The number of carbonyl (C=O) groups is 1. The second-order valence-electron chi connectivity index (χ2n) is 5.25. The molecule has 0 saturated carbocycles. The molecule has 1 amide bonds. The average molecular weight is 270 g/mol. The van der Waals surface area contributed by atoms with Crippen LogP contribution in [0.2, 0.25) is 0 Å². The number of hydrogen-bond donors (Lipinski definition) is 0. The second kappa shape index (κ2) is 4.84. The third-order valence-electron chi connectivity index (χ3n) is 2.64. The molecule has 0 unspecified atom stereocenters. The van der Waals surface area contributed by atoms with E-state index in [1.165, 1.54) is 11.8 Å². The van der Waals surface area contributed by atoms with E-state index >= 15 is 0 Å². The van der Waals surface area contributed by atoms with E-state index in [2.05, 4.69) is 5.16 Å². The molecule has 0 N–H and O–H groups in total. The summed E-state index contributed by atoms with van der Waals surface area (Å²) in [6.45, 7) is 6.75. The zero-order chi connectivity index (χ0) is 13.3. The summed E-state index contributed by atoms with van der Waals surface area (Å²) in [6.07, 6.45) is 2.38. The van der Waals surface area contributed by atoms with Gasteiger partial charge in [0.1, 0.15) is 5.60 Å². The highest BCUT2D eigenvalue weighted by atomic mass is 32.2. The Kier molecular flexibility index (Phi) is 3.56. The Morgan fingerprint density at radius 1 is 1.50 bits per heavy atom. The van der Waals surface area contributed by atoms with Crippen molar-refractivity contribution in [3.63, 3.8) is 0 Å². The van der Waals surface area contributed by atoms with Gasteiger partial charge in [-0.3, -0.25) is 0 Å². The highest BCUT2D eigenvalue weighted by Gasteiger charge is 2.29. The second-order valence-corrected chi connectivity index (χ2v) is 6.03. The van der Waals surface area contributed by atoms with Crippen LogP contribution in [0, 0.1) is 0 Å². The number of ether oxygens (including phenoxy) is 1. The van der Waals surface area contributed by atoms with E-state index < -0.39 is 5.60 Å². The maximum absolute atomic E-state index is 12.0. The van der Waals surface area contributed by atoms with Crippen molar-refractivity contribution in [2.45, 2.75) is 44.4 Å². The Bertz CT molecular complexity index is 437. The van der Waals surface area contributed by atoms with Crippen LogP contribution in [0.25, 0.3) is 0 Å². The number of hydrogen-bond acceptors (Lipinski definition) is 5. The molecule has 6 heteroatoms. The lowest BCUT2D eigenvalue weighted by atomic mass is 10.1. The van der Waals surface area contributed by atoms with Gasteiger partial charge in [0.15, 0.2) is 5.09 Å². The minimum Gasteiger partial charge on any atom is -0.444 e. The highest BCUT2D eigenvalue weighted by Crippen LogP contribution is 2.28. The van der Waals surface area contributed by atoms with Gasteiger partial charge in [0.2, 0.25) is 0 Å². The lowest BCUT2D eigenvalue weighted by Gasteiger charge is -2.29. The number of aromatic nitrogens is 1. The molecule has 0 aromatic carbocycles. The number of carbonyl (C=O) groups excluding carboxylic acids is 1. The van der Waals surface area contributed by atoms with E-state index in [0.717, 1.165) is 22.8 Å². The van der Waals surface area contributed by atoms with Gasteiger partial charge in [-0.25, -0.2) is 4.79 Å². The van der Waals surface area contributed by atoms with Crippen molar-refractivity contribution in [1.29, 1.82) is 0 Å². The van der Waals surface area contributed by atoms with Crippen LogP contribution in [0.4, 0.5) is 4.79 Å². The number of nitrogens with zero attached hydrogens (tertiary/aromatic N) is 2. The van der Waals surface area contributed by atoms with Gasteiger partial charge in [-0.05, 0) is 27.0 Å². The summed E-state index contributed by atoms with van der Waals surface area (Å²) in [7, 11) is 0. The first-order valence-electron chi connectivity index (χ1n) is 5.90. The maximum Gasteiger partial charge on any atom is 0.410 e. The Labute approximate surface area is 111 Å². The van der Waals surface area contributed by atoms with E-state index in [0.29, 0.717) is 13.1 Å². The molecule has 1 aromatic heterocycles. The fraction of sp³-hybridized carbons (Fsp3) is 0.667. The van der Waals surface area contributed by atoms with Gasteiger partial charge in [0.05, 0.1) is 12.2 Å². The van der Waals surface area contributed by atoms with Gasteiger partial charge in [-0.1, -0.05) is 16.9 Å². The molecule has 1 aliphatic rings. The van der Waals surface area contributed by atoms with Gasteiger partial charge in [-0.15, -0.1) is 0 Å². The Morgan fingerprint density at radius 2 is 2.22 bits per heavy atom. The van der Waals surface area contributed by atoms with Gasteiger partial charge >= 0.3 is 6.09 Å².